The van der Waals surface area contributed by atoms with Gasteiger partial charge in [-0.1, -0.05) is 78.9 Å². The van der Waals surface area contributed by atoms with Gasteiger partial charge in [-0.05, 0) is 56.1 Å². The molecule has 5 aromatic rings. The second kappa shape index (κ2) is 6.12. The number of hydrogen-bond donors (Lipinski definition) is 0. The Labute approximate surface area is 152 Å². The largest absolute Gasteiger partial charge is 0.256 e. The zero-order valence-corrected chi connectivity index (χ0v) is 14.3. The lowest BCUT2D eigenvalue weighted by atomic mass is 9.93. The average molecular weight is 331 g/mol. The molecule has 0 atom stereocenters. The minimum atomic E-state index is 0.968. The number of nitrogens with zero attached hydrogens (tertiary/aromatic N) is 1. The van der Waals surface area contributed by atoms with E-state index in [-0.39, 0.29) is 0 Å². The maximum Gasteiger partial charge on any atom is 0.0629 e. The van der Waals surface area contributed by atoms with E-state index in [0.717, 1.165) is 11.3 Å². The van der Waals surface area contributed by atoms with Crippen molar-refractivity contribution < 1.29 is 0 Å². The van der Waals surface area contributed by atoms with Gasteiger partial charge < -0.3 is 0 Å². The molecule has 5 aromatic carbocycles. The Morgan fingerprint density at radius 3 is 1.58 bits per heavy atom. The van der Waals surface area contributed by atoms with Crippen LogP contribution >= 0.6 is 0 Å². The lowest BCUT2D eigenvalue weighted by Crippen LogP contribution is -1.86. The van der Waals surface area contributed by atoms with E-state index >= 15 is 0 Å². The van der Waals surface area contributed by atoms with Crippen LogP contribution in [0.2, 0.25) is 0 Å². The number of aliphatic imine (C=N–C) groups is 1. The first-order chi connectivity index (χ1) is 12.9. The lowest BCUT2D eigenvalue weighted by Gasteiger charge is -2.10. The van der Waals surface area contributed by atoms with Crippen LogP contribution in [-0.4, -0.2) is 6.21 Å². The number of benzene rings is 5. The van der Waals surface area contributed by atoms with E-state index in [0.29, 0.717) is 0 Å². The molecular weight excluding hydrogens is 314 g/mol. The summed E-state index contributed by atoms with van der Waals surface area (Å²) in [5.41, 5.74) is 2.08. The summed E-state index contributed by atoms with van der Waals surface area (Å²) in [4.78, 5) is 4.60. The summed E-state index contributed by atoms with van der Waals surface area (Å²) in [6.45, 7) is 0. The van der Waals surface area contributed by atoms with Crippen LogP contribution in [-0.2, 0) is 0 Å². The van der Waals surface area contributed by atoms with Gasteiger partial charge in [-0.25, -0.2) is 0 Å². The van der Waals surface area contributed by atoms with Crippen LogP contribution in [0.25, 0.3) is 32.3 Å². The van der Waals surface area contributed by atoms with Gasteiger partial charge in [0.1, 0.15) is 0 Å². The second-order valence-corrected chi connectivity index (χ2v) is 6.49. The molecule has 0 heterocycles. The standard InChI is InChI=1S/C25H17N/c1-2-8-19(9-3-1)26-17-18-14-15-24-22-12-5-4-10-20(22)21-11-6-7-13-23(21)25(24)16-18/h1-17H. The first-order valence-corrected chi connectivity index (χ1v) is 8.82. The fourth-order valence-corrected chi connectivity index (χ4v) is 3.67. The minimum Gasteiger partial charge on any atom is -0.256 e. The van der Waals surface area contributed by atoms with Crippen molar-refractivity contribution in [3.05, 3.63) is 103 Å². The van der Waals surface area contributed by atoms with Gasteiger partial charge in [-0.3, -0.25) is 4.99 Å². The molecule has 26 heavy (non-hydrogen) atoms. The lowest BCUT2D eigenvalue weighted by molar-refractivity contribution is 1.53. The number of rotatable bonds is 2. The first-order valence-electron chi connectivity index (χ1n) is 8.82. The molecule has 1 nitrogen and oxygen atoms in total. The highest BCUT2D eigenvalue weighted by Crippen LogP contribution is 2.35. The highest BCUT2D eigenvalue weighted by molar-refractivity contribution is 6.25. The fourth-order valence-electron chi connectivity index (χ4n) is 3.67. The smallest absolute Gasteiger partial charge is 0.0629 e. The Morgan fingerprint density at radius 2 is 0.962 bits per heavy atom. The molecule has 0 aliphatic heterocycles. The molecule has 0 fully saturated rings. The maximum atomic E-state index is 4.60. The SMILES string of the molecule is C(=Nc1ccccc1)c1ccc2c3ccccc3c3ccccc3c2c1. The van der Waals surface area contributed by atoms with Crippen LogP contribution in [0.3, 0.4) is 0 Å². The van der Waals surface area contributed by atoms with Crippen molar-refractivity contribution in [2.75, 3.05) is 0 Å². The van der Waals surface area contributed by atoms with Crippen LogP contribution in [0.15, 0.2) is 102 Å². The van der Waals surface area contributed by atoms with Crippen molar-refractivity contribution >= 4 is 44.2 Å². The normalized spacial score (nSPS) is 11.7. The van der Waals surface area contributed by atoms with Gasteiger partial charge in [0.25, 0.3) is 0 Å². The third-order valence-electron chi connectivity index (χ3n) is 4.89. The second-order valence-electron chi connectivity index (χ2n) is 6.49. The van der Waals surface area contributed by atoms with Gasteiger partial charge >= 0.3 is 0 Å². The molecule has 0 bridgehead atoms. The third kappa shape index (κ3) is 2.46. The summed E-state index contributed by atoms with van der Waals surface area (Å²) in [5, 5.41) is 7.76. The zero-order chi connectivity index (χ0) is 17.3. The van der Waals surface area contributed by atoms with E-state index < -0.39 is 0 Å². The van der Waals surface area contributed by atoms with Crippen LogP contribution in [0.5, 0.6) is 0 Å². The Morgan fingerprint density at radius 1 is 0.462 bits per heavy atom. The van der Waals surface area contributed by atoms with E-state index in [4.69, 9.17) is 0 Å². The molecule has 0 aliphatic carbocycles. The molecule has 0 spiro atoms. The summed E-state index contributed by atoms with van der Waals surface area (Å²) < 4.78 is 0. The van der Waals surface area contributed by atoms with Gasteiger partial charge in [0, 0.05) is 6.21 Å². The van der Waals surface area contributed by atoms with Crippen molar-refractivity contribution in [1.29, 1.82) is 0 Å². The molecule has 0 N–H and O–H groups in total. The third-order valence-corrected chi connectivity index (χ3v) is 4.89. The molecule has 0 unspecified atom stereocenters. The van der Waals surface area contributed by atoms with Crippen LogP contribution < -0.4 is 0 Å². The van der Waals surface area contributed by atoms with Gasteiger partial charge in [0.05, 0.1) is 5.69 Å². The minimum absolute atomic E-state index is 0.968. The molecular formula is C25H17N. The van der Waals surface area contributed by atoms with Crippen molar-refractivity contribution in [2.24, 2.45) is 4.99 Å². The number of para-hydroxylation sites is 1. The highest BCUT2D eigenvalue weighted by atomic mass is 14.7. The Bertz CT molecular complexity index is 1230. The van der Waals surface area contributed by atoms with E-state index in [1.807, 2.05) is 36.5 Å². The number of hydrogen-bond acceptors (Lipinski definition) is 1. The van der Waals surface area contributed by atoms with Crippen LogP contribution in [0.4, 0.5) is 5.69 Å². The van der Waals surface area contributed by atoms with Gasteiger partial charge in [-0.2, -0.15) is 0 Å². The molecule has 5 rings (SSSR count). The Kier molecular flexibility index (Phi) is 3.50. The molecule has 0 radical (unpaired) electrons. The molecule has 1 heteroatoms. The summed E-state index contributed by atoms with van der Waals surface area (Å²) in [5.74, 6) is 0. The molecule has 122 valence electrons. The maximum absolute atomic E-state index is 4.60. The zero-order valence-electron chi connectivity index (χ0n) is 14.3. The average Bonchev–Trinajstić information content (AvgIpc) is 2.73. The van der Waals surface area contributed by atoms with E-state index in [9.17, 15) is 0 Å². The quantitative estimate of drug-likeness (QED) is 0.246. The van der Waals surface area contributed by atoms with Crippen LogP contribution in [0.1, 0.15) is 5.56 Å². The molecule has 0 saturated carbocycles. The van der Waals surface area contributed by atoms with Gasteiger partial charge in [-0.15, -0.1) is 0 Å². The number of fused-ring (bicyclic) bond motifs is 6. The van der Waals surface area contributed by atoms with Crippen molar-refractivity contribution in [3.8, 4) is 0 Å². The Hall–Kier alpha value is -3.45. The van der Waals surface area contributed by atoms with Gasteiger partial charge in [0.2, 0.25) is 0 Å². The van der Waals surface area contributed by atoms with Crippen molar-refractivity contribution in [1.82, 2.24) is 0 Å². The predicted molar refractivity (Wildman–Crippen MR) is 113 cm³/mol. The Balaban J connectivity index is 1.77. The molecule has 0 aromatic heterocycles. The van der Waals surface area contributed by atoms with Crippen molar-refractivity contribution in [3.63, 3.8) is 0 Å². The monoisotopic (exact) mass is 331 g/mol. The van der Waals surface area contributed by atoms with Gasteiger partial charge in [0.15, 0.2) is 0 Å². The van der Waals surface area contributed by atoms with E-state index in [2.05, 4.69) is 71.7 Å². The molecule has 0 amide bonds. The van der Waals surface area contributed by atoms with E-state index in [1.54, 1.807) is 0 Å². The summed E-state index contributed by atoms with van der Waals surface area (Å²) in [6.07, 6.45) is 1.94. The topological polar surface area (TPSA) is 12.4 Å². The van der Waals surface area contributed by atoms with E-state index in [1.165, 1.54) is 32.3 Å². The summed E-state index contributed by atoms with van der Waals surface area (Å²) in [6, 6.07) is 34.0. The van der Waals surface area contributed by atoms with Crippen LogP contribution in [0, 0.1) is 0 Å². The molecule has 0 saturated heterocycles. The predicted octanol–water partition coefficient (Wildman–Crippen LogP) is 6.90. The summed E-state index contributed by atoms with van der Waals surface area (Å²) in [7, 11) is 0. The molecule has 0 aliphatic rings. The highest BCUT2D eigenvalue weighted by Gasteiger charge is 2.07. The van der Waals surface area contributed by atoms with Crippen molar-refractivity contribution in [2.45, 2.75) is 0 Å². The summed E-state index contributed by atoms with van der Waals surface area (Å²) >= 11 is 0. The fraction of sp³-hybridized carbons (Fsp3) is 0. The first kappa shape index (κ1) is 14.9.